The lowest BCUT2D eigenvalue weighted by atomic mass is 10.2. The normalized spacial score (nSPS) is 12.1. The summed E-state index contributed by atoms with van der Waals surface area (Å²) in [6.07, 6.45) is 0.0115. The molecule has 0 bridgehead atoms. The fourth-order valence-electron chi connectivity index (χ4n) is 1.57. The molecule has 0 aliphatic carbocycles. The first-order valence-electron chi connectivity index (χ1n) is 6.17. The predicted octanol–water partition coefficient (Wildman–Crippen LogP) is 1.43. The molecule has 1 rings (SSSR count). The van der Waals surface area contributed by atoms with Crippen LogP contribution in [0.2, 0.25) is 0 Å². The molecule has 0 atom stereocenters. The molecule has 0 saturated heterocycles. The Morgan fingerprint density at radius 1 is 1.35 bits per heavy atom. The second-order valence-corrected chi connectivity index (χ2v) is 6.56. The molecule has 0 unspecified atom stereocenters. The van der Waals surface area contributed by atoms with Gasteiger partial charge in [0, 0.05) is 13.6 Å². The number of benzene rings is 1. The molecule has 20 heavy (non-hydrogen) atoms. The maximum Gasteiger partial charge on any atom is 0.337 e. The highest BCUT2D eigenvalue weighted by Crippen LogP contribution is 2.19. The van der Waals surface area contributed by atoms with Crippen LogP contribution in [0.3, 0.4) is 0 Å². The van der Waals surface area contributed by atoms with Gasteiger partial charge in [-0.3, -0.25) is 0 Å². The van der Waals surface area contributed by atoms with Crippen LogP contribution in [0.1, 0.15) is 24.2 Å². The van der Waals surface area contributed by atoms with Crippen LogP contribution in [-0.2, 0) is 14.8 Å². The minimum absolute atomic E-state index is 0.0115. The third-order valence-corrected chi connectivity index (χ3v) is 4.58. The molecule has 0 spiro atoms. The SMILES string of the molecule is CC(C)OCCN(C)S(=O)(=O)c1ccccc1C(=O)O. The number of hydrogen-bond acceptors (Lipinski definition) is 4. The van der Waals surface area contributed by atoms with Crippen LogP contribution in [0, 0.1) is 0 Å². The van der Waals surface area contributed by atoms with Crippen LogP contribution >= 0.6 is 0 Å². The monoisotopic (exact) mass is 301 g/mol. The Bertz CT molecular complexity index is 568. The molecule has 0 saturated carbocycles. The summed E-state index contributed by atoms with van der Waals surface area (Å²) in [5.41, 5.74) is -0.232. The van der Waals surface area contributed by atoms with E-state index in [-0.39, 0.29) is 29.7 Å². The van der Waals surface area contributed by atoms with Crippen molar-refractivity contribution < 1.29 is 23.1 Å². The summed E-state index contributed by atoms with van der Waals surface area (Å²) in [6, 6.07) is 5.55. The van der Waals surface area contributed by atoms with Crippen molar-refractivity contribution >= 4 is 16.0 Å². The molecule has 0 aromatic heterocycles. The van der Waals surface area contributed by atoms with Crippen molar-refractivity contribution in [2.24, 2.45) is 0 Å². The van der Waals surface area contributed by atoms with Gasteiger partial charge in [0.1, 0.15) is 0 Å². The fourth-order valence-corrected chi connectivity index (χ4v) is 2.91. The van der Waals surface area contributed by atoms with Crippen molar-refractivity contribution in [3.63, 3.8) is 0 Å². The van der Waals surface area contributed by atoms with Crippen LogP contribution in [0.25, 0.3) is 0 Å². The maximum absolute atomic E-state index is 12.3. The zero-order valence-electron chi connectivity index (χ0n) is 11.7. The fraction of sp³-hybridized carbons (Fsp3) is 0.462. The van der Waals surface area contributed by atoms with Gasteiger partial charge in [-0.15, -0.1) is 0 Å². The van der Waals surface area contributed by atoms with Crippen molar-refractivity contribution in [2.45, 2.75) is 24.8 Å². The van der Waals surface area contributed by atoms with Crippen LogP contribution < -0.4 is 0 Å². The standard InChI is InChI=1S/C13H19NO5S/c1-10(2)19-9-8-14(3)20(17,18)12-7-5-4-6-11(12)13(15)16/h4-7,10H,8-9H2,1-3H3,(H,15,16). The van der Waals surface area contributed by atoms with E-state index in [9.17, 15) is 13.2 Å². The molecule has 6 nitrogen and oxygen atoms in total. The van der Waals surface area contributed by atoms with Crippen LogP contribution in [0.5, 0.6) is 0 Å². The molecular formula is C13H19NO5S. The molecular weight excluding hydrogens is 282 g/mol. The van der Waals surface area contributed by atoms with Gasteiger partial charge in [0.25, 0.3) is 0 Å². The lowest BCUT2D eigenvalue weighted by Crippen LogP contribution is -2.31. The van der Waals surface area contributed by atoms with E-state index in [2.05, 4.69) is 0 Å². The summed E-state index contributed by atoms with van der Waals surface area (Å²) in [6.45, 7) is 4.12. The van der Waals surface area contributed by atoms with Gasteiger partial charge < -0.3 is 9.84 Å². The Morgan fingerprint density at radius 3 is 2.50 bits per heavy atom. The zero-order valence-corrected chi connectivity index (χ0v) is 12.6. The van der Waals surface area contributed by atoms with E-state index in [1.165, 1.54) is 31.3 Å². The highest BCUT2D eigenvalue weighted by atomic mass is 32.2. The Labute approximate surface area is 119 Å². The molecule has 0 amide bonds. The van der Waals surface area contributed by atoms with E-state index < -0.39 is 16.0 Å². The van der Waals surface area contributed by atoms with Gasteiger partial charge in [0.15, 0.2) is 0 Å². The third kappa shape index (κ3) is 4.03. The highest BCUT2D eigenvalue weighted by molar-refractivity contribution is 7.89. The summed E-state index contributed by atoms with van der Waals surface area (Å²) in [4.78, 5) is 10.9. The van der Waals surface area contributed by atoms with Crippen molar-refractivity contribution in [2.75, 3.05) is 20.2 Å². The number of carboxylic acids is 1. The minimum Gasteiger partial charge on any atom is -0.478 e. The number of carboxylic acid groups (broad SMARTS) is 1. The van der Waals surface area contributed by atoms with E-state index in [1.807, 2.05) is 13.8 Å². The molecule has 1 N–H and O–H groups in total. The maximum atomic E-state index is 12.3. The molecule has 0 radical (unpaired) electrons. The average Bonchev–Trinajstić information content (AvgIpc) is 2.38. The molecule has 1 aromatic carbocycles. The smallest absolute Gasteiger partial charge is 0.337 e. The van der Waals surface area contributed by atoms with E-state index >= 15 is 0 Å². The average molecular weight is 301 g/mol. The Kier molecular flexibility index (Phi) is 5.67. The van der Waals surface area contributed by atoms with Crippen LogP contribution in [0.15, 0.2) is 29.2 Å². The van der Waals surface area contributed by atoms with Gasteiger partial charge in [-0.2, -0.15) is 4.31 Å². The number of likely N-dealkylation sites (N-methyl/N-ethyl adjacent to an activating group) is 1. The zero-order chi connectivity index (χ0) is 15.3. The first-order chi connectivity index (χ1) is 9.26. The number of nitrogens with zero attached hydrogens (tertiary/aromatic N) is 1. The van der Waals surface area contributed by atoms with Gasteiger partial charge in [-0.25, -0.2) is 13.2 Å². The molecule has 1 aromatic rings. The summed E-state index contributed by atoms with van der Waals surface area (Å²) in [7, 11) is -2.44. The van der Waals surface area contributed by atoms with E-state index in [1.54, 1.807) is 0 Å². The van der Waals surface area contributed by atoms with Crippen molar-refractivity contribution in [3.8, 4) is 0 Å². The van der Waals surface area contributed by atoms with Gasteiger partial charge in [0.05, 0.1) is 23.2 Å². The molecule has 0 fully saturated rings. The number of aromatic carboxylic acids is 1. The van der Waals surface area contributed by atoms with E-state index in [4.69, 9.17) is 9.84 Å². The van der Waals surface area contributed by atoms with Crippen molar-refractivity contribution in [1.82, 2.24) is 4.31 Å². The van der Waals surface area contributed by atoms with Crippen molar-refractivity contribution in [3.05, 3.63) is 29.8 Å². The van der Waals surface area contributed by atoms with Gasteiger partial charge in [0.2, 0.25) is 10.0 Å². The number of ether oxygens (including phenoxy) is 1. The summed E-state index contributed by atoms with van der Waals surface area (Å²) in [5, 5.41) is 9.05. The van der Waals surface area contributed by atoms with E-state index in [0.29, 0.717) is 0 Å². The second kappa shape index (κ2) is 6.83. The van der Waals surface area contributed by atoms with Gasteiger partial charge in [-0.05, 0) is 26.0 Å². The van der Waals surface area contributed by atoms with Gasteiger partial charge in [-0.1, -0.05) is 12.1 Å². The van der Waals surface area contributed by atoms with Gasteiger partial charge >= 0.3 is 5.97 Å². The third-order valence-electron chi connectivity index (χ3n) is 2.66. The Morgan fingerprint density at radius 2 is 1.95 bits per heavy atom. The molecule has 0 heterocycles. The highest BCUT2D eigenvalue weighted by Gasteiger charge is 2.25. The Hall–Kier alpha value is -1.44. The predicted molar refractivity (Wildman–Crippen MR) is 74.3 cm³/mol. The number of hydrogen-bond donors (Lipinski definition) is 1. The summed E-state index contributed by atoms with van der Waals surface area (Å²) < 4.78 is 31.1. The lowest BCUT2D eigenvalue weighted by molar-refractivity contribution is 0.0692. The largest absolute Gasteiger partial charge is 0.478 e. The molecule has 7 heteroatoms. The number of rotatable bonds is 7. The molecule has 0 aliphatic heterocycles. The van der Waals surface area contributed by atoms with E-state index in [0.717, 1.165) is 4.31 Å². The first kappa shape index (κ1) is 16.6. The quantitative estimate of drug-likeness (QED) is 0.823. The van der Waals surface area contributed by atoms with Crippen LogP contribution in [0.4, 0.5) is 0 Å². The molecule has 0 aliphatic rings. The topological polar surface area (TPSA) is 83.9 Å². The van der Waals surface area contributed by atoms with Crippen LogP contribution in [-0.4, -0.2) is 50.1 Å². The first-order valence-corrected chi connectivity index (χ1v) is 7.61. The summed E-state index contributed by atoms with van der Waals surface area (Å²) >= 11 is 0. The Balaban J connectivity index is 2.96. The number of carbonyl (C=O) groups is 1. The molecule has 112 valence electrons. The van der Waals surface area contributed by atoms with Crippen molar-refractivity contribution in [1.29, 1.82) is 0 Å². The minimum atomic E-state index is -3.84. The summed E-state index contributed by atoms with van der Waals surface area (Å²) in [5.74, 6) is -1.27. The lowest BCUT2D eigenvalue weighted by Gasteiger charge is -2.19. The second-order valence-electron chi connectivity index (χ2n) is 4.55. The number of sulfonamides is 1.